The fourth-order valence-electron chi connectivity index (χ4n) is 3.01. The lowest BCUT2D eigenvalue weighted by Crippen LogP contribution is -2.38. The van der Waals surface area contributed by atoms with Gasteiger partial charge in [-0.1, -0.05) is 18.6 Å². The van der Waals surface area contributed by atoms with Crippen molar-refractivity contribution in [3.63, 3.8) is 0 Å². The van der Waals surface area contributed by atoms with Crippen molar-refractivity contribution in [3.8, 4) is 5.75 Å². The van der Waals surface area contributed by atoms with Crippen LogP contribution in [0.4, 0.5) is 0 Å². The maximum atomic E-state index is 12.4. The molecule has 3 unspecified atom stereocenters. The second kappa shape index (κ2) is 7.63. The van der Waals surface area contributed by atoms with Crippen LogP contribution in [0.5, 0.6) is 5.75 Å². The molecule has 0 spiro atoms. The fourth-order valence-corrected chi connectivity index (χ4v) is 3.01. The molecule has 1 aromatic rings. The first-order valence-electron chi connectivity index (χ1n) is 8.28. The summed E-state index contributed by atoms with van der Waals surface area (Å²) in [5.74, 6) is 1.02. The first-order valence-corrected chi connectivity index (χ1v) is 8.28. The van der Waals surface area contributed by atoms with Crippen molar-refractivity contribution in [3.05, 3.63) is 29.8 Å². The van der Waals surface area contributed by atoms with Gasteiger partial charge >= 0.3 is 0 Å². The van der Waals surface area contributed by atoms with Crippen LogP contribution in [0.2, 0.25) is 0 Å². The molecule has 2 rings (SSSR count). The van der Waals surface area contributed by atoms with Crippen LogP contribution >= 0.6 is 0 Å². The van der Waals surface area contributed by atoms with Crippen LogP contribution in [0.3, 0.4) is 0 Å². The number of carbonyl (C=O) groups is 1. The van der Waals surface area contributed by atoms with E-state index in [2.05, 4.69) is 5.32 Å². The van der Waals surface area contributed by atoms with Crippen LogP contribution in [0.15, 0.2) is 24.3 Å². The Labute approximate surface area is 133 Å². The van der Waals surface area contributed by atoms with Gasteiger partial charge in [-0.05, 0) is 57.7 Å². The topological polar surface area (TPSA) is 64.3 Å². The molecular weight excluding hydrogens is 276 g/mol. The largest absolute Gasteiger partial charge is 0.491 e. The maximum Gasteiger partial charge on any atom is 0.223 e. The zero-order valence-electron chi connectivity index (χ0n) is 13.8. The molecule has 1 aromatic carbocycles. The van der Waals surface area contributed by atoms with Crippen LogP contribution in [-0.4, -0.2) is 18.1 Å². The van der Waals surface area contributed by atoms with Gasteiger partial charge in [-0.25, -0.2) is 0 Å². The number of benzene rings is 1. The van der Waals surface area contributed by atoms with E-state index in [1.807, 2.05) is 45.0 Å². The Bertz CT molecular complexity index is 502. The summed E-state index contributed by atoms with van der Waals surface area (Å²) in [7, 11) is 0. The molecule has 1 aliphatic carbocycles. The first-order chi connectivity index (χ1) is 10.5. The summed E-state index contributed by atoms with van der Waals surface area (Å²) in [4.78, 5) is 12.4. The molecule has 0 radical (unpaired) electrons. The molecule has 1 saturated carbocycles. The quantitative estimate of drug-likeness (QED) is 0.878. The van der Waals surface area contributed by atoms with E-state index in [9.17, 15) is 4.79 Å². The number of ether oxygens (including phenoxy) is 1. The summed E-state index contributed by atoms with van der Waals surface area (Å²) >= 11 is 0. The van der Waals surface area contributed by atoms with E-state index in [0.717, 1.165) is 37.0 Å². The molecule has 122 valence electrons. The lowest BCUT2D eigenvalue weighted by atomic mass is 9.85. The van der Waals surface area contributed by atoms with Crippen molar-refractivity contribution in [1.29, 1.82) is 0 Å². The summed E-state index contributed by atoms with van der Waals surface area (Å²) in [5, 5.41) is 3.12. The highest BCUT2D eigenvalue weighted by molar-refractivity contribution is 5.79. The highest BCUT2D eigenvalue weighted by Crippen LogP contribution is 2.25. The Morgan fingerprint density at radius 1 is 1.32 bits per heavy atom. The Morgan fingerprint density at radius 3 is 2.77 bits per heavy atom. The van der Waals surface area contributed by atoms with Gasteiger partial charge in [-0.15, -0.1) is 0 Å². The van der Waals surface area contributed by atoms with Gasteiger partial charge in [-0.2, -0.15) is 0 Å². The van der Waals surface area contributed by atoms with E-state index in [-0.39, 0.29) is 30.0 Å². The van der Waals surface area contributed by atoms with Crippen LogP contribution in [0, 0.1) is 5.92 Å². The van der Waals surface area contributed by atoms with Gasteiger partial charge in [0.1, 0.15) is 5.75 Å². The molecule has 4 heteroatoms. The molecule has 1 aliphatic rings. The summed E-state index contributed by atoms with van der Waals surface area (Å²) < 4.78 is 5.71. The van der Waals surface area contributed by atoms with Crippen LogP contribution in [-0.2, 0) is 4.79 Å². The van der Waals surface area contributed by atoms with E-state index in [4.69, 9.17) is 10.5 Å². The van der Waals surface area contributed by atoms with Crippen LogP contribution < -0.4 is 15.8 Å². The summed E-state index contributed by atoms with van der Waals surface area (Å²) in [5.41, 5.74) is 7.04. The third-order valence-corrected chi connectivity index (χ3v) is 4.17. The van der Waals surface area contributed by atoms with Crippen molar-refractivity contribution >= 4 is 5.91 Å². The molecule has 4 nitrogen and oxygen atoms in total. The second-order valence-electron chi connectivity index (χ2n) is 6.59. The molecule has 1 fully saturated rings. The molecule has 0 saturated heterocycles. The smallest absolute Gasteiger partial charge is 0.223 e. The van der Waals surface area contributed by atoms with Crippen molar-refractivity contribution < 1.29 is 9.53 Å². The standard InChI is InChI=1S/C18H28N2O2/c1-12(2)22-17-9-5-6-14(11-17)13(3)20-18(21)15-7-4-8-16(19)10-15/h5-6,9,11-13,15-16H,4,7-8,10,19H2,1-3H3,(H,20,21). The van der Waals surface area contributed by atoms with E-state index >= 15 is 0 Å². The zero-order valence-corrected chi connectivity index (χ0v) is 13.8. The molecule has 3 atom stereocenters. The number of hydrogen-bond donors (Lipinski definition) is 2. The van der Waals surface area contributed by atoms with Gasteiger partial charge in [0.05, 0.1) is 12.1 Å². The predicted octanol–water partition coefficient (Wildman–Crippen LogP) is 3.17. The van der Waals surface area contributed by atoms with Gasteiger partial charge in [0.2, 0.25) is 5.91 Å². The highest BCUT2D eigenvalue weighted by atomic mass is 16.5. The number of carbonyl (C=O) groups excluding carboxylic acids is 1. The van der Waals surface area contributed by atoms with Crippen molar-refractivity contribution in [1.82, 2.24) is 5.32 Å². The Morgan fingerprint density at radius 2 is 2.09 bits per heavy atom. The fraction of sp³-hybridized carbons (Fsp3) is 0.611. The number of hydrogen-bond acceptors (Lipinski definition) is 3. The molecule has 1 amide bonds. The molecule has 0 aromatic heterocycles. The van der Waals surface area contributed by atoms with Gasteiger partial charge in [0.25, 0.3) is 0 Å². The maximum absolute atomic E-state index is 12.4. The van der Waals surface area contributed by atoms with Gasteiger partial charge < -0.3 is 15.8 Å². The summed E-state index contributed by atoms with van der Waals surface area (Å²) in [6.07, 6.45) is 3.97. The summed E-state index contributed by atoms with van der Waals surface area (Å²) in [6.45, 7) is 6.02. The predicted molar refractivity (Wildman–Crippen MR) is 88.7 cm³/mol. The molecule has 0 bridgehead atoms. The minimum absolute atomic E-state index is 0.0265. The molecular formula is C18H28N2O2. The van der Waals surface area contributed by atoms with E-state index < -0.39 is 0 Å². The van der Waals surface area contributed by atoms with Crippen LogP contribution in [0.25, 0.3) is 0 Å². The van der Waals surface area contributed by atoms with Crippen molar-refractivity contribution in [2.75, 3.05) is 0 Å². The number of nitrogens with one attached hydrogen (secondary N) is 1. The summed E-state index contributed by atoms with van der Waals surface area (Å²) in [6, 6.07) is 8.07. The van der Waals surface area contributed by atoms with Crippen molar-refractivity contribution in [2.45, 2.75) is 64.6 Å². The normalized spacial score (nSPS) is 23.1. The zero-order chi connectivity index (χ0) is 16.1. The average Bonchev–Trinajstić information content (AvgIpc) is 2.46. The molecule has 0 aliphatic heterocycles. The van der Waals surface area contributed by atoms with Gasteiger partial charge in [0.15, 0.2) is 0 Å². The third-order valence-electron chi connectivity index (χ3n) is 4.17. The SMILES string of the molecule is CC(C)Oc1cccc(C(C)NC(=O)C2CCCC(N)C2)c1. The van der Waals surface area contributed by atoms with E-state index in [1.54, 1.807) is 0 Å². The van der Waals surface area contributed by atoms with Crippen molar-refractivity contribution in [2.24, 2.45) is 11.7 Å². The Hall–Kier alpha value is -1.55. The van der Waals surface area contributed by atoms with Gasteiger partial charge in [0, 0.05) is 12.0 Å². The minimum Gasteiger partial charge on any atom is -0.491 e. The number of amides is 1. The van der Waals surface area contributed by atoms with E-state index in [0.29, 0.717) is 0 Å². The van der Waals surface area contributed by atoms with Gasteiger partial charge in [-0.3, -0.25) is 4.79 Å². The monoisotopic (exact) mass is 304 g/mol. The first kappa shape index (κ1) is 16.8. The second-order valence-corrected chi connectivity index (χ2v) is 6.59. The third kappa shape index (κ3) is 4.73. The lowest BCUT2D eigenvalue weighted by molar-refractivity contribution is -0.126. The number of rotatable bonds is 5. The molecule has 0 heterocycles. The highest BCUT2D eigenvalue weighted by Gasteiger charge is 2.26. The average molecular weight is 304 g/mol. The minimum atomic E-state index is -0.0265. The Kier molecular flexibility index (Phi) is 5.83. The lowest BCUT2D eigenvalue weighted by Gasteiger charge is -2.27. The van der Waals surface area contributed by atoms with Crippen LogP contribution in [0.1, 0.15) is 58.1 Å². The number of nitrogens with two attached hydrogens (primary N) is 1. The Balaban J connectivity index is 1.96. The van der Waals surface area contributed by atoms with E-state index in [1.165, 1.54) is 0 Å². The molecule has 3 N–H and O–H groups in total. The molecule has 22 heavy (non-hydrogen) atoms.